The van der Waals surface area contributed by atoms with Crippen LogP contribution in [0.4, 0.5) is 16.0 Å². The highest BCUT2D eigenvalue weighted by molar-refractivity contribution is 6.06. The van der Waals surface area contributed by atoms with Crippen molar-refractivity contribution in [3.8, 4) is 17.1 Å². The highest BCUT2D eigenvalue weighted by atomic mass is 19.1. The summed E-state index contributed by atoms with van der Waals surface area (Å²) in [5.74, 6) is 0.146. The molecular formula is C25H23FN8O2. The zero-order valence-corrected chi connectivity index (χ0v) is 19.8. The summed E-state index contributed by atoms with van der Waals surface area (Å²) < 4.78 is 22.1. The maximum atomic E-state index is 13.3. The second-order valence-corrected chi connectivity index (χ2v) is 8.29. The Morgan fingerprint density at radius 1 is 1.17 bits per heavy atom. The molecule has 0 aliphatic rings. The molecule has 0 aliphatic heterocycles. The second kappa shape index (κ2) is 9.10. The standard InChI is InChI=1S/C25H23FN8O2/c1-14-8-20(34-22(14)23(27)29-12-31-34)17-9-19(25(36-3)28-10-17)24(35)32-21-11-33(13-30-21)15(2)16-4-6-18(26)7-5-16/h4-13,15H,1-3H3,(H,32,35)(H2,27,29,31). The number of imidazole rings is 1. The molecule has 0 aliphatic carbocycles. The Morgan fingerprint density at radius 3 is 2.69 bits per heavy atom. The van der Waals surface area contributed by atoms with Crippen LogP contribution in [0.2, 0.25) is 0 Å². The number of anilines is 2. The zero-order valence-electron chi connectivity index (χ0n) is 19.8. The zero-order chi connectivity index (χ0) is 25.4. The highest BCUT2D eigenvalue weighted by Gasteiger charge is 2.20. The van der Waals surface area contributed by atoms with Crippen LogP contribution < -0.4 is 15.8 Å². The molecule has 4 aromatic heterocycles. The SMILES string of the molecule is COc1ncc(-c2cc(C)c3c(N)ncnn23)cc1C(=O)Nc1cn(C(C)c2ccc(F)cc2)cn1. The minimum Gasteiger partial charge on any atom is -0.480 e. The van der Waals surface area contributed by atoms with E-state index in [1.54, 1.807) is 41.4 Å². The van der Waals surface area contributed by atoms with Crippen molar-refractivity contribution >= 4 is 23.1 Å². The predicted octanol–water partition coefficient (Wildman–Crippen LogP) is 3.89. The van der Waals surface area contributed by atoms with Crippen molar-refractivity contribution in [2.45, 2.75) is 19.9 Å². The maximum Gasteiger partial charge on any atom is 0.262 e. The summed E-state index contributed by atoms with van der Waals surface area (Å²) in [5, 5.41) is 7.10. The largest absolute Gasteiger partial charge is 0.480 e. The van der Waals surface area contributed by atoms with E-state index < -0.39 is 5.91 Å². The third kappa shape index (κ3) is 4.11. The number of amides is 1. The number of nitrogens with one attached hydrogen (secondary N) is 1. The molecule has 1 atom stereocenters. The van der Waals surface area contributed by atoms with Gasteiger partial charge in [0.2, 0.25) is 5.88 Å². The number of aryl methyl sites for hydroxylation is 1. The first-order valence-corrected chi connectivity index (χ1v) is 11.1. The van der Waals surface area contributed by atoms with Crippen molar-refractivity contribution < 1.29 is 13.9 Å². The summed E-state index contributed by atoms with van der Waals surface area (Å²) in [6.45, 7) is 3.86. The lowest BCUT2D eigenvalue weighted by molar-refractivity contribution is 0.102. The van der Waals surface area contributed by atoms with Gasteiger partial charge in [0, 0.05) is 18.0 Å². The normalized spacial score (nSPS) is 12.0. The molecule has 5 rings (SSSR count). The monoisotopic (exact) mass is 486 g/mol. The van der Waals surface area contributed by atoms with Gasteiger partial charge in [-0.25, -0.2) is 23.9 Å². The van der Waals surface area contributed by atoms with Crippen molar-refractivity contribution in [3.63, 3.8) is 0 Å². The van der Waals surface area contributed by atoms with E-state index >= 15 is 0 Å². The van der Waals surface area contributed by atoms with Gasteiger partial charge < -0.3 is 20.4 Å². The second-order valence-electron chi connectivity index (χ2n) is 8.29. The van der Waals surface area contributed by atoms with E-state index in [1.807, 2.05) is 24.5 Å². The van der Waals surface area contributed by atoms with E-state index in [-0.39, 0.29) is 23.3 Å². The number of benzene rings is 1. The Balaban J connectivity index is 1.43. The van der Waals surface area contributed by atoms with Crippen LogP contribution in [0.5, 0.6) is 5.88 Å². The molecule has 1 aromatic carbocycles. The van der Waals surface area contributed by atoms with Gasteiger partial charge in [-0.15, -0.1) is 0 Å². The number of carbonyl (C=O) groups is 1. The molecule has 0 bridgehead atoms. The maximum absolute atomic E-state index is 13.3. The number of aromatic nitrogens is 6. The average Bonchev–Trinajstić information content (AvgIpc) is 3.48. The molecule has 5 aromatic rings. The fraction of sp³-hybridized carbons (Fsp3) is 0.160. The van der Waals surface area contributed by atoms with Gasteiger partial charge in [0.15, 0.2) is 11.6 Å². The fourth-order valence-electron chi connectivity index (χ4n) is 4.09. The van der Waals surface area contributed by atoms with E-state index in [0.29, 0.717) is 28.4 Å². The summed E-state index contributed by atoms with van der Waals surface area (Å²) in [6, 6.07) is 9.73. The Morgan fingerprint density at radius 2 is 1.94 bits per heavy atom. The van der Waals surface area contributed by atoms with Gasteiger partial charge in [-0.2, -0.15) is 5.10 Å². The number of halogens is 1. The van der Waals surface area contributed by atoms with Gasteiger partial charge in [0.25, 0.3) is 5.91 Å². The number of carbonyl (C=O) groups excluding carboxylic acids is 1. The lowest BCUT2D eigenvalue weighted by atomic mass is 10.1. The van der Waals surface area contributed by atoms with Crippen LogP contribution in [0.15, 0.2) is 61.4 Å². The molecular weight excluding hydrogens is 463 g/mol. The van der Waals surface area contributed by atoms with Gasteiger partial charge in [0.05, 0.1) is 25.2 Å². The molecule has 3 N–H and O–H groups in total. The third-order valence-electron chi connectivity index (χ3n) is 6.00. The summed E-state index contributed by atoms with van der Waals surface area (Å²) in [4.78, 5) is 25.9. The van der Waals surface area contributed by atoms with Crippen molar-refractivity contribution in [1.29, 1.82) is 0 Å². The number of fused-ring (bicyclic) bond motifs is 1. The summed E-state index contributed by atoms with van der Waals surface area (Å²) >= 11 is 0. The molecule has 10 nitrogen and oxygen atoms in total. The summed E-state index contributed by atoms with van der Waals surface area (Å²) in [6.07, 6.45) is 6.29. The van der Waals surface area contributed by atoms with Crippen molar-refractivity contribution in [2.24, 2.45) is 0 Å². The minimum atomic E-state index is -0.437. The molecule has 0 saturated carbocycles. The number of rotatable bonds is 6. The predicted molar refractivity (Wildman–Crippen MR) is 132 cm³/mol. The first-order chi connectivity index (χ1) is 17.4. The first kappa shape index (κ1) is 23.0. The minimum absolute atomic E-state index is 0.108. The van der Waals surface area contributed by atoms with Crippen LogP contribution >= 0.6 is 0 Å². The topological polar surface area (TPSA) is 125 Å². The molecule has 182 valence electrons. The van der Waals surface area contributed by atoms with Crippen LogP contribution in [0, 0.1) is 12.7 Å². The van der Waals surface area contributed by atoms with Crippen LogP contribution in [-0.2, 0) is 0 Å². The lowest BCUT2D eigenvalue weighted by Gasteiger charge is -2.13. The van der Waals surface area contributed by atoms with Crippen LogP contribution in [0.25, 0.3) is 16.8 Å². The number of hydrogen-bond acceptors (Lipinski definition) is 7. The molecule has 11 heteroatoms. The smallest absolute Gasteiger partial charge is 0.262 e. The van der Waals surface area contributed by atoms with Crippen LogP contribution in [0.1, 0.15) is 34.5 Å². The third-order valence-corrected chi connectivity index (χ3v) is 6.00. The molecule has 0 fully saturated rings. The number of methoxy groups -OCH3 is 1. The number of nitrogens with two attached hydrogens (primary N) is 1. The molecule has 36 heavy (non-hydrogen) atoms. The molecule has 0 radical (unpaired) electrons. The van der Waals surface area contributed by atoms with E-state index in [4.69, 9.17) is 10.5 Å². The molecule has 1 amide bonds. The van der Waals surface area contributed by atoms with Gasteiger partial charge >= 0.3 is 0 Å². The van der Waals surface area contributed by atoms with Crippen molar-refractivity contribution in [3.05, 3.63) is 84.0 Å². The number of hydrogen-bond donors (Lipinski definition) is 2. The number of pyridine rings is 1. The Hall–Kier alpha value is -4.80. The van der Waals surface area contributed by atoms with Gasteiger partial charge in [0.1, 0.15) is 23.2 Å². The number of nitrogen functional groups attached to an aromatic ring is 1. The molecule has 0 saturated heterocycles. The van der Waals surface area contributed by atoms with Crippen LogP contribution in [-0.4, -0.2) is 42.2 Å². The van der Waals surface area contributed by atoms with Crippen LogP contribution in [0.3, 0.4) is 0 Å². The van der Waals surface area contributed by atoms with Crippen molar-refractivity contribution in [2.75, 3.05) is 18.2 Å². The Bertz CT molecular complexity index is 1580. The van der Waals surface area contributed by atoms with E-state index in [0.717, 1.165) is 11.1 Å². The van der Waals surface area contributed by atoms with Gasteiger partial charge in [-0.1, -0.05) is 12.1 Å². The molecule has 1 unspecified atom stereocenters. The van der Waals surface area contributed by atoms with Gasteiger partial charge in [-0.3, -0.25) is 4.79 Å². The number of ether oxygens (including phenoxy) is 1. The Labute approximate surface area is 205 Å². The van der Waals surface area contributed by atoms with E-state index in [1.165, 1.54) is 25.6 Å². The number of nitrogens with zero attached hydrogens (tertiary/aromatic N) is 6. The summed E-state index contributed by atoms with van der Waals surface area (Å²) in [5.41, 5.74) is 10.1. The van der Waals surface area contributed by atoms with E-state index in [9.17, 15) is 9.18 Å². The fourth-order valence-corrected chi connectivity index (χ4v) is 4.09. The van der Waals surface area contributed by atoms with Crippen molar-refractivity contribution in [1.82, 2.24) is 29.1 Å². The van der Waals surface area contributed by atoms with Gasteiger partial charge in [-0.05, 0) is 49.2 Å². The highest BCUT2D eigenvalue weighted by Crippen LogP contribution is 2.30. The summed E-state index contributed by atoms with van der Waals surface area (Å²) in [7, 11) is 1.45. The Kier molecular flexibility index (Phi) is 5.80. The lowest BCUT2D eigenvalue weighted by Crippen LogP contribution is -2.14. The molecule has 0 spiro atoms. The average molecular weight is 487 g/mol. The van der Waals surface area contributed by atoms with E-state index in [2.05, 4.69) is 25.4 Å². The molecule has 4 heterocycles. The first-order valence-electron chi connectivity index (χ1n) is 11.1. The quantitative estimate of drug-likeness (QED) is 0.373.